The summed E-state index contributed by atoms with van der Waals surface area (Å²) in [4.78, 5) is 23.2. The first kappa shape index (κ1) is 16.2. The number of aromatic carboxylic acids is 1. The van der Waals surface area contributed by atoms with Gasteiger partial charge in [-0.2, -0.15) is 0 Å². The lowest BCUT2D eigenvalue weighted by Gasteiger charge is -2.43. The average Bonchev–Trinajstić information content (AvgIpc) is 2.57. The average molecular weight is 323 g/mol. The zero-order valence-corrected chi connectivity index (χ0v) is 13.5. The number of carbonyl (C=O) groups is 2. The Balaban J connectivity index is 1.58. The smallest absolute Gasteiger partial charge is 0.335 e. The van der Waals surface area contributed by atoms with Crippen LogP contribution < -0.4 is 5.32 Å². The molecule has 0 spiro atoms. The summed E-state index contributed by atoms with van der Waals surface area (Å²) in [5.41, 5.74) is 2.21. The van der Waals surface area contributed by atoms with Crippen LogP contribution in [0.3, 0.4) is 0 Å². The van der Waals surface area contributed by atoms with Crippen molar-refractivity contribution in [3.8, 4) is 0 Å². The monoisotopic (exact) mass is 323 g/mol. The van der Waals surface area contributed by atoms with E-state index in [0.717, 1.165) is 24.8 Å². The van der Waals surface area contributed by atoms with E-state index in [-0.39, 0.29) is 17.0 Å². The highest BCUT2D eigenvalue weighted by Gasteiger charge is 2.39. The van der Waals surface area contributed by atoms with Gasteiger partial charge < -0.3 is 10.4 Å². The molecule has 2 aromatic carbocycles. The van der Waals surface area contributed by atoms with E-state index in [2.05, 4.69) is 17.4 Å². The molecule has 0 bridgehead atoms. The first-order valence-electron chi connectivity index (χ1n) is 8.28. The third-order valence-corrected chi connectivity index (χ3v) is 4.75. The molecule has 4 nitrogen and oxygen atoms in total. The van der Waals surface area contributed by atoms with Crippen molar-refractivity contribution >= 4 is 11.9 Å². The third kappa shape index (κ3) is 3.48. The second kappa shape index (κ2) is 6.87. The molecule has 24 heavy (non-hydrogen) atoms. The number of nitrogens with one attached hydrogen (secondary N) is 1. The second-order valence-corrected chi connectivity index (χ2v) is 6.35. The molecule has 0 heterocycles. The summed E-state index contributed by atoms with van der Waals surface area (Å²) < 4.78 is 0. The van der Waals surface area contributed by atoms with Gasteiger partial charge in [-0.1, -0.05) is 42.5 Å². The van der Waals surface area contributed by atoms with E-state index in [4.69, 9.17) is 5.11 Å². The summed E-state index contributed by atoms with van der Waals surface area (Å²) in [6.45, 7) is 0. The largest absolute Gasteiger partial charge is 0.478 e. The number of amides is 1. The van der Waals surface area contributed by atoms with Crippen molar-refractivity contribution in [1.82, 2.24) is 5.32 Å². The first-order chi connectivity index (χ1) is 11.6. The number of carboxylic acid groups (broad SMARTS) is 1. The van der Waals surface area contributed by atoms with E-state index in [1.54, 1.807) is 24.3 Å². The zero-order chi connectivity index (χ0) is 17.0. The highest BCUT2D eigenvalue weighted by Crippen LogP contribution is 2.41. The van der Waals surface area contributed by atoms with E-state index >= 15 is 0 Å². The number of aryl methyl sites for hydroxylation is 1. The van der Waals surface area contributed by atoms with E-state index in [1.165, 1.54) is 5.56 Å². The summed E-state index contributed by atoms with van der Waals surface area (Å²) in [7, 11) is 0. The van der Waals surface area contributed by atoms with Gasteiger partial charge in [0.25, 0.3) is 0 Å². The van der Waals surface area contributed by atoms with Crippen LogP contribution in [0, 0.1) is 0 Å². The SMILES string of the molecule is O=C(CCc1ccc(C(=O)O)cc1)NC1(c2ccccc2)CCC1. The standard InChI is InChI=1S/C20H21NO3/c22-18(12-9-15-7-10-16(11-8-15)19(23)24)21-20(13-4-14-20)17-5-2-1-3-6-17/h1-3,5-8,10-11H,4,9,12-14H2,(H,21,22)(H,23,24). The Bertz CT molecular complexity index is 718. The normalized spacial score (nSPS) is 15.3. The summed E-state index contributed by atoms with van der Waals surface area (Å²) in [6.07, 6.45) is 4.11. The molecule has 1 aliphatic carbocycles. The van der Waals surface area contributed by atoms with Crippen LogP contribution in [0.1, 0.15) is 47.2 Å². The van der Waals surface area contributed by atoms with Crippen LogP contribution >= 0.6 is 0 Å². The molecule has 0 aromatic heterocycles. The van der Waals surface area contributed by atoms with Crippen molar-refractivity contribution in [2.45, 2.75) is 37.6 Å². The maximum atomic E-state index is 12.4. The van der Waals surface area contributed by atoms with Gasteiger partial charge in [-0.05, 0) is 48.9 Å². The quantitative estimate of drug-likeness (QED) is 0.855. The molecule has 124 valence electrons. The fourth-order valence-electron chi connectivity index (χ4n) is 3.17. The zero-order valence-electron chi connectivity index (χ0n) is 13.5. The highest BCUT2D eigenvalue weighted by atomic mass is 16.4. The van der Waals surface area contributed by atoms with Gasteiger partial charge in [0.2, 0.25) is 5.91 Å². The van der Waals surface area contributed by atoms with Gasteiger partial charge in [0.1, 0.15) is 0 Å². The van der Waals surface area contributed by atoms with Gasteiger partial charge in [-0.25, -0.2) is 4.79 Å². The molecule has 1 fully saturated rings. The Morgan fingerprint density at radius 1 is 1.00 bits per heavy atom. The van der Waals surface area contributed by atoms with E-state index in [0.29, 0.717) is 12.8 Å². The molecule has 2 N–H and O–H groups in total. The molecule has 0 saturated heterocycles. The Hall–Kier alpha value is -2.62. The Morgan fingerprint density at radius 3 is 2.21 bits per heavy atom. The minimum atomic E-state index is -0.936. The van der Waals surface area contributed by atoms with Crippen molar-refractivity contribution < 1.29 is 14.7 Å². The third-order valence-electron chi connectivity index (χ3n) is 4.75. The van der Waals surface area contributed by atoms with Gasteiger partial charge in [0.05, 0.1) is 11.1 Å². The van der Waals surface area contributed by atoms with Crippen molar-refractivity contribution in [2.75, 3.05) is 0 Å². The first-order valence-corrected chi connectivity index (χ1v) is 8.28. The number of carboxylic acids is 1. The topological polar surface area (TPSA) is 66.4 Å². The van der Waals surface area contributed by atoms with Gasteiger partial charge in [0.15, 0.2) is 0 Å². The number of rotatable bonds is 6. The molecule has 3 rings (SSSR count). The summed E-state index contributed by atoms with van der Waals surface area (Å²) in [5.74, 6) is -0.894. The van der Waals surface area contributed by atoms with E-state index in [9.17, 15) is 9.59 Å². The molecule has 1 amide bonds. The van der Waals surface area contributed by atoms with Crippen LogP contribution in [0.5, 0.6) is 0 Å². The van der Waals surface area contributed by atoms with Gasteiger partial charge in [0, 0.05) is 6.42 Å². The number of benzene rings is 2. The number of hydrogen-bond donors (Lipinski definition) is 2. The van der Waals surface area contributed by atoms with Gasteiger partial charge >= 0.3 is 5.97 Å². The van der Waals surface area contributed by atoms with E-state index in [1.807, 2.05) is 18.2 Å². The molecule has 4 heteroatoms. The maximum absolute atomic E-state index is 12.4. The van der Waals surface area contributed by atoms with Gasteiger partial charge in [-0.15, -0.1) is 0 Å². The Morgan fingerprint density at radius 2 is 1.67 bits per heavy atom. The molecule has 0 unspecified atom stereocenters. The van der Waals surface area contributed by atoms with Crippen LogP contribution in [-0.4, -0.2) is 17.0 Å². The fraction of sp³-hybridized carbons (Fsp3) is 0.300. The summed E-state index contributed by atoms with van der Waals surface area (Å²) in [5, 5.41) is 12.1. The van der Waals surface area contributed by atoms with Crippen LogP contribution in [0.2, 0.25) is 0 Å². The molecule has 0 aliphatic heterocycles. The van der Waals surface area contributed by atoms with Gasteiger partial charge in [-0.3, -0.25) is 4.79 Å². The lowest BCUT2D eigenvalue weighted by molar-refractivity contribution is -0.124. The van der Waals surface area contributed by atoms with Crippen LogP contribution in [0.25, 0.3) is 0 Å². The van der Waals surface area contributed by atoms with Crippen LogP contribution in [0.4, 0.5) is 0 Å². The number of hydrogen-bond acceptors (Lipinski definition) is 2. The van der Waals surface area contributed by atoms with E-state index < -0.39 is 5.97 Å². The molecule has 1 saturated carbocycles. The summed E-state index contributed by atoms with van der Waals surface area (Å²) in [6, 6.07) is 16.8. The molecule has 0 radical (unpaired) electrons. The molecule has 2 aromatic rings. The minimum absolute atomic E-state index is 0.0425. The fourth-order valence-corrected chi connectivity index (χ4v) is 3.17. The van der Waals surface area contributed by atoms with Crippen LogP contribution in [0.15, 0.2) is 54.6 Å². The molecule has 0 atom stereocenters. The minimum Gasteiger partial charge on any atom is -0.478 e. The van der Waals surface area contributed by atoms with Crippen molar-refractivity contribution in [2.24, 2.45) is 0 Å². The van der Waals surface area contributed by atoms with Crippen LogP contribution in [-0.2, 0) is 16.8 Å². The lowest BCUT2D eigenvalue weighted by Crippen LogP contribution is -2.50. The predicted molar refractivity (Wildman–Crippen MR) is 91.8 cm³/mol. The molecule has 1 aliphatic rings. The maximum Gasteiger partial charge on any atom is 0.335 e. The Labute approximate surface area is 141 Å². The van der Waals surface area contributed by atoms with Crippen molar-refractivity contribution in [1.29, 1.82) is 0 Å². The second-order valence-electron chi connectivity index (χ2n) is 6.35. The molecular weight excluding hydrogens is 302 g/mol. The van der Waals surface area contributed by atoms with Crippen molar-refractivity contribution in [3.63, 3.8) is 0 Å². The predicted octanol–water partition coefficient (Wildman–Crippen LogP) is 3.51. The lowest BCUT2D eigenvalue weighted by atomic mass is 9.71. The summed E-state index contributed by atoms with van der Waals surface area (Å²) >= 11 is 0. The highest BCUT2D eigenvalue weighted by molar-refractivity contribution is 5.87. The Kier molecular flexibility index (Phi) is 4.65. The molecular formula is C20H21NO3. The van der Waals surface area contributed by atoms with Crippen molar-refractivity contribution in [3.05, 3.63) is 71.3 Å². The number of carbonyl (C=O) groups excluding carboxylic acids is 1.